The Morgan fingerprint density at radius 2 is 2.00 bits per heavy atom. The molecule has 0 saturated carbocycles. The highest BCUT2D eigenvalue weighted by Crippen LogP contribution is 2.31. The summed E-state index contributed by atoms with van der Waals surface area (Å²) in [5.41, 5.74) is 4.74. The minimum Gasteiger partial charge on any atom is -0.311 e. The molecule has 0 bridgehead atoms. The van der Waals surface area contributed by atoms with E-state index in [1.54, 1.807) is 11.1 Å². The van der Waals surface area contributed by atoms with Gasteiger partial charge in [-0.05, 0) is 56.8 Å². The highest BCUT2D eigenvalue weighted by Gasteiger charge is 2.24. The minimum atomic E-state index is 0.107. The lowest BCUT2D eigenvalue weighted by atomic mass is 9.88. The van der Waals surface area contributed by atoms with Crippen molar-refractivity contribution >= 4 is 0 Å². The van der Waals surface area contributed by atoms with Crippen LogP contribution in [0.1, 0.15) is 37.0 Å². The molecule has 1 N–H and O–H groups in total. The Hall–Kier alpha value is -0.820. The first-order valence-electron chi connectivity index (χ1n) is 5.45. The highest BCUT2D eigenvalue weighted by molar-refractivity contribution is 5.41. The number of hydrogen-bond donors (Lipinski definition) is 1. The lowest BCUT2D eigenvalue weighted by molar-refractivity contribution is 0.441. The lowest BCUT2D eigenvalue weighted by Gasteiger charge is -2.27. The van der Waals surface area contributed by atoms with Gasteiger partial charge in [0, 0.05) is 5.54 Å². The molecule has 76 valence electrons. The average molecular weight is 189 g/mol. The zero-order chi connectivity index (χ0) is 10.2. The topological polar surface area (TPSA) is 12.0 Å². The van der Waals surface area contributed by atoms with Gasteiger partial charge in [-0.3, -0.25) is 0 Å². The van der Waals surface area contributed by atoms with Gasteiger partial charge in [0.2, 0.25) is 0 Å². The van der Waals surface area contributed by atoms with Crippen LogP contribution < -0.4 is 5.32 Å². The van der Waals surface area contributed by atoms with E-state index in [9.17, 15) is 0 Å². The highest BCUT2D eigenvalue weighted by atomic mass is 14.9. The summed E-state index contributed by atoms with van der Waals surface area (Å²) in [6.45, 7) is 4.50. The number of aryl methyl sites for hydroxylation is 1. The fourth-order valence-corrected chi connectivity index (χ4v) is 2.34. The third-order valence-corrected chi connectivity index (χ3v) is 3.44. The second kappa shape index (κ2) is 3.39. The van der Waals surface area contributed by atoms with Gasteiger partial charge in [0.25, 0.3) is 0 Å². The Balaban J connectivity index is 2.49. The van der Waals surface area contributed by atoms with Crippen molar-refractivity contribution in [3.05, 3.63) is 34.9 Å². The number of benzene rings is 1. The number of nitrogens with one attached hydrogen (secondary N) is 1. The Kier molecular flexibility index (Phi) is 2.36. The Bertz CT molecular complexity index is 339. The van der Waals surface area contributed by atoms with Crippen LogP contribution in [0.2, 0.25) is 0 Å². The standard InChI is InChI=1S/C13H19N/c1-13(2,14-3)12-9-5-7-10-6-4-8-11(10)12/h5,7,9,14H,4,6,8H2,1-3H3. The van der Waals surface area contributed by atoms with E-state index < -0.39 is 0 Å². The number of hydrogen-bond acceptors (Lipinski definition) is 1. The van der Waals surface area contributed by atoms with Gasteiger partial charge in [-0.25, -0.2) is 0 Å². The molecular formula is C13H19N. The van der Waals surface area contributed by atoms with Gasteiger partial charge < -0.3 is 5.32 Å². The third kappa shape index (κ3) is 1.46. The third-order valence-electron chi connectivity index (χ3n) is 3.44. The molecule has 0 atom stereocenters. The van der Waals surface area contributed by atoms with Crippen molar-refractivity contribution in [3.63, 3.8) is 0 Å². The quantitative estimate of drug-likeness (QED) is 0.754. The van der Waals surface area contributed by atoms with E-state index in [0.29, 0.717) is 0 Å². The van der Waals surface area contributed by atoms with Gasteiger partial charge >= 0.3 is 0 Å². The lowest BCUT2D eigenvalue weighted by Crippen LogP contribution is -2.34. The molecule has 0 radical (unpaired) electrons. The molecule has 1 aromatic carbocycles. The summed E-state index contributed by atoms with van der Waals surface area (Å²) < 4.78 is 0. The van der Waals surface area contributed by atoms with E-state index in [2.05, 4.69) is 37.4 Å². The van der Waals surface area contributed by atoms with Gasteiger partial charge in [-0.1, -0.05) is 18.2 Å². The van der Waals surface area contributed by atoms with Crippen LogP contribution >= 0.6 is 0 Å². The first-order chi connectivity index (χ1) is 6.65. The van der Waals surface area contributed by atoms with E-state index in [1.807, 2.05) is 7.05 Å². The first-order valence-corrected chi connectivity index (χ1v) is 5.45. The van der Waals surface area contributed by atoms with Crippen LogP contribution in [0.5, 0.6) is 0 Å². The van der Waals surface area contributed by atoms with Crippen LogP contribution in [0.15, 0.2) is 18.2 Å². The molecule has 0 aromatic heterocycles. The molecule has 1 aliphatic carbocycles. The molecular weight excluding hydrogens is 170 g/mol. The largest absolute Gasteiger partial charge is 0.311 e. The Morgan fingerprint density at radius 1 is 1.21 bits per heavy atom. The Morgan fingerprint density at radius 3 is 2.71 bits per heavy atom. The molecule has 0 aliphatic heterocycles. The zero-order valence-electron chi connectivity index (χ0n) is 9.35. The van der Waals surface area contributed by atoms with Gasteiger partial charge in [0.05, 0.1) is 0 Å². The van der Waals surface area contributed by atoms with Crippen molar-refractivity contribution < 1.29 is 0 Å². The molecule has 1 nitrogen and oxygen atoms in total. The fraction of sp³-hybridized carbons (Fsp3) is 0.538. The summed E-state index contributed by atoms with van der Waals surface area (Å²) in [6, 6.07) is 6.73. The van der Waals surface area contributed by atoms with Gasteiger partial charge in [0.1, 0.15) is 0 Å². The summed E-state index contributed by atoms with van der Waals surface area (Å²) in [5.74, 6) is 0. The van der Waals surface area contributed by atoms with E-state index in [4.69, 9.17) is 0 Å². The van der Waals surface area contributed by atoms with Crippen LogP contribution in [-0.2, 0) is 18.4 Å². The summed E-state index contributed by atoms with van der Waals surface area (Å²) in [6.07, 6.45) is 3.85. The van der Waals surface area contributed by atoms with Crippen molar-refractivity contribution in [1.82, 2.24) is 5.32 Å². The minimum absolute atomic E-state index is 0.107. The predicted molar refractivity (Wildman–Crippen MR) is 60.6 cm³/mol. The maximum atomic E-state index is 3.39. The van der Waals surface area contributed by atoms with Crippen molar-refractivity contribution in [1.29, 1.82) is 0 Å². The normalized spacial score (nSPS) is 15.6. The van der Waals surface area contributed by atoms with Crippen LogP contribution in [0.25, 0.3) is 0 Å². The number of fused-ring (bicyclic) bond motifs is 1. The van der Waals surface area contributed by atoms with Crippen LogP contribution in [0, 0.1) is 0 Å². The fourth-order valence-electron chi connectivity index (χ4n) is 2.34. The molecule has 14 heavy (non-hydrogen) atoms. The van der Waals surface area contributed by atoms with Gasteiger partial charge in [-0.15, -0.1) is 0 Å². The smallest absolute Gasteiger partial charge is 0.0377 e. The molecule has 1 aliphatic rings. The van der Waals surface area contributed by atoms with E-state index in [1.165, 1.54) is 24.8 Å². The Labute approximate surface area is 86.5 Å². The molecule has 0 saturated heterocycles. The van der Waals surface area contributed by atoms with Crippen molar-refractivity contribution in [2.75, 3.05) is 7.05 Å². The van der Waals surface area contributed by atoms with Crippen molar-refractivity contribution in [2.45, 2.75) is 38.6 Å². The number of rotatable bonds is 2. The van der Waals surface area contributed by atoms with Crippen LogP contribution in [-0.4, -0.2) is 7.05 Å². The molecule has 1 heteroatoms. The van der Waals surface area contributed by atoms with Gasteiger partial charge in [-0.2, -0.15) is 0 Å². The molecule has 0 amide bonds. The average Bonchev–Trinajstić information content (AvgIpc) is 2.64. The predicted octanol–water partition coefficient (Wildman–Crippen LogP) is 2.63. The molecule has 0 fully saturated rings. The molecule has 0 spiro atoms. The van der Waals surface area contributed by atoms with Crippen molar-refractivity contribution in [2.24, 2.45) is 0 Å². The van der Waals surface area contributed by atoms with E-state index in [0.717, 1.165) is 0 Å². The van der Waals surface area contributed by atoms with Gasteiger partial charge in [0.15, 0.2) is 0 Å². The summed E-state index contributed by atoms with van der Waals surface area (Å²) in [7, 11) is 2.04. The molecule has 0 heterocycles. The van der Waals surface area contributed by atoms with Crippen LogP contribution in [0.4, 0.5) is 0 Å². The summed E-state index contributed by atoms with van der Waals surface area (Å²) >= 11 is 0. The zero-order valence-corrected chi connectivity index (χ0v) is 9.35. The second-order valence-corrected chi connectivity index (χ2v) is 4.67. The summed E-state index contributed by atoms with van der Waals surface area (Å²) in [5, 5.41) is 3.39. The second-order valence-electron chi connectivity index (χ2n) is 4.67. The maximum absolute atomic E-state index is 3.39. The SMILES string of the molecule is CNC(C)(C)c1cccc2c1CCC2. The van der Waals surface area contributed by atoms with E-state index in [-0.39, 0.29) is 5.54 Å². The monoisotopic (exact) mass is 189 g/mol. The molecule has 0 unspecified atom stereocenters. The molecule has 1 aromatic rings. The maximum Gasteiger partial charge on any atom is 0.0377 e. The summed E-state index contributed by atoms with van der Waals surface area (Å²) in [4.78, 5) is 0. The molecule has 2 rings (SSSR count). The van der Waals surface area contributed by atoms with Crippen molar-refractivity contribution in [3.8, 4) is 0 Å². The first kappa shape index (κ1) is 9.72. The van der Waals surface area contributed by atoms with Crippen LogP contribution in [0.3, 0.4) is 0 Å². The van der Waals surface area contributed by atoms with E-state index >= 15 is 0 Å².